The maximum atomic E-state index is 5.52. The van der Waals surface area contributed by atoms with Crippen molar-refractivity contribution in [1.29, 1.82) is 0 Å². The fourth-order valence-corrected chi connectivity index (χ4v) is 5.23. The summed E-state index contributed by atoms with van der Waals surface area (Å²) in [6.45, 7) is 5.00. The molecule has 0 unspecified atom stereocenters. The summed E-state index contributed by atoms with van der Waals surface area (Å²) in [6, 6.07) is 13.2. The number of benzene rings is 1. The molecule has 122 valence electrons. The summed E-state index contributed by atoms with van der Waals surface area (Å²) in [5.74, 6) is 0.948. The van der Waals surface area contributed by atoms with E-state index in [9.17, 15) is 0 Å². The summed E-state index contributed by atoms with van der Waals surface area (Å²) in [5.41, 5.74) is 1.28. The van der Waals surface area contributed by atoms with Crippen molar-refractivity contribution in [2.24, 2.45) is 0 Å². The smallest absolute Gasteiger partial charge is 0.119 e. The van der Waals surface area contributed by atoms with Crippen LogP contribution in [0.15, 0.2) is 36.4 Å². The van der Waals surface area contributed by atoms with Crippen molar-refractivity contribution < 1.29 is 4.74 Å². The second kappa shape index (κ2) is 7.98. The minimum absolute atomic E-state index is 0.717. The van der Waals surface area contributed by atoms with Gasteiger partial charge in [0.05, 0.1) is 6.61 Å². The molecule has 0 amide bonds. The van der Waals surface area contributed by atoms with Crippen molar-refractivity contribution >= 4 is 32.1 Å². The van der Waals surface area contributed by atoms with Crippen LogP contribution in [0.5, 0.6) is 5.75 Å². The van der Waals surface area contributed by atoms with Crippen molar-refractivity contribution in [2.45, 2.75) is 46.0 Å². The van der Waals surface area contributed by atoms with E-state index in [0.717, 1.165) is 12.4 Å². The van der Waals surface area contributed by atoms with E-state index in [1.807, 2.05) is 29.6 Å². The Bertz CT molecular complexity index is 705. The summed E-state index contributed by atoms with van der Waals surface area (Å²) < 4.78 is 8.39. The minimum Gasteiger partial charge on any atom is -0.494 e. The topological polar surface area (TPSA) is 9.23 Å². The number of aryl methyl sites for hydroxylation is 1. The second-order valence-corrected chi connectivity index (χ2v) is 8.07. The van der Waals surface area contributed by atoms with Crippen LogP contribution in [0.25, 0.3) is 19.8 Å². The average molecular weight is 345 g/mol. The summed E-state index contributed by atoms with van der Waals surface area (Å²) in [5, 5.41) is 0. The lowest BCUT2D eigenvalue weighted by atomic mass is 10.1. The third-order valence-electron chi connectivity index (χ3n) is 3.98. The minimum atomic E-state index is 0.717. The zero-order chi connectivity index (χ0) is 16.1. The maximum absolute atomic E-state index is 5.52. The fraction of sp³-hybridized carbons (Fsp3) is 0.400. The third-order valence-corrected chi connectivity index (χ3v) is 6.39. The van der Waals surface area contributed by atoms with Crippen molar-refractivity contribution in [2.75, 3.05) is 6.61 Å². The van der Waals surface area contributed by atoms with Crippen molar-refractivity contribution in [3.8, 4) is 16.2 Å². The second-order valence-electron chi connectivity index (χ2n) is 5.82. The first-order valence-corrected chi connectivity index (χ1v) is 10.2. The van der Waals surface area contributed by atoms with Crippen LogP contribution >= 0.6 is 22.7 Å². The van der Waals surface area contributed by atoms with E-state index in [1.165, 1.54) is 51.9 Å². The number of unbranched alkanes of at least 4 members (excludes halogenated alkanes) is 3. The van der Waals surface area contributed by atoms with Crippen LogP contribution in [0.3, 0.4) is 0 Å². The molecule has 0 aliphatic rings. The molecule has 2 aromatic heterocycles. The molecule has 0 bridgehead atoms. The Labute approximate surface area is 146 Å². The molecule has 0 atom stereocenters. The normalized spacial score (nSPS) is 11.2. The van der Waals surface area contributed by atoms with Gasteiger partial charge in [-0.25, -0.2) is 0 Å². The number of hydrogen-bond acceptors (Lipinski definition) is 3. The molecule has 0 aliphatic heterocycles. The SMILES string of the molecule is CCCCCCc1cc2sc(-c3ccc(OCC)cc3)cc2s1. The van der Waals surface area contributed by atoms with Crippen molar-refractivity contribution in [3.05, 3.63) is 41.3 Å². The van der Waals surface area contributed by atoms with E-state index in [-0.39, 0.29) is 0 Å². The van der Waals surface area contributed by atoms with E-state index < -0.39 is 0 Å². The van der Waals surface area contributed by atoms with Crippen LogP contribution in [-0.2, 0) is 6.42 Å². The van der Waals surface area contributed by atoms with Gasteiger partial charge in [-0.05, 0) is 61.7 Å². The van der Waals surface area contributed by atoms with Gasteiger partial charge < -0.3 is 4.74 Å². The lowest BCUT2D eigenvalue weighted by molar-refractivity contribution is 0.340. The number of hydrogen-bond donors (Lipinski definition) is 0. The highest BCUT2D eigenvalue weighted by molar-refractivity contribution is 7.29. The van der Waals surface area contributed by atoms with Crippen LogP contribution in [0, 0.1) is 0 Å². The molecule has 0 saturated heterocycles. The van der Waals surface area contributed by atoms with Gasteiger partial charge in [0, 0.05) is 19.2 Å². The lowest BCUT2D eigenvalue weighted by Crippen LogP contribution is -1.90. The molecule has 3 heteroatoms. The standard InChI is InChI=1S/C20H24OS2/c1-3-5-6-7-8-17-13-19-20(22-17)14-18(23-19)15-9-11-16(12-10-15)21-4-2/h9-14H,3-8H2,1-2H3. The highest BCUT2D eigenvalue weighted by Crippen LogP contribution is 2.39. The molecule has 0 radical (unpaired) electrons. The summed E-state index contributed by atoms with van der Waals surface area (Å²) >= 11 is 3.87. The van der Waals surface area contributed by atoms with Gasteiger partial charge >= 0.3 is 0 Å². The molecule has 0 saturated carbocycles. The molecular formula is C20H24OS2. The first-order valence-electron chi connectivity index (χ1n) is 8.55. The van der Waals surface area contributed by atoms with Crippen molar-refractivity contribution in [3.63, 3.8) is 0 Å². The van der Waals surface area contributed by atoms with Gasteiger partial charge in [-0.1, -0.05) is 26.2 Å². The molecule has 0 fully saturated rings. The van der Waals surface area contributed by atoms with E-state index in [4.69, 9.17) is 4.74 Å². The zero-order valence-corrected chi connectivity index (χ0v) is 15.6. The quantitative estimate of drug-likeness (QED) is 0.394. The molecule has 23 heavy (non-hydrogen) atoms. The van der Waals surface area contributed by atoms with E-state index >= 15 is 0 Å². The molecule has 2 heterocycles. The average Bonchev–Trinajstić information content (AvgIpc) is 3.11. The van der Waals surface area contributed by atoms with Crippen molar-refractivity contribution in [1.82, 2.24) is 0 Å². The molecule has 3 aromatic rings. The van der Waals surface area contributed by atoms with Gasteiger partial charge in [-0.2, -0.15) is 0 Å². The highest BCUT2D eigenvalue weighted by Gasteiger charge is 2.08. The maximum Gasteiger partial charge on any atom is 0.119 e. The monoisotopic (exact) mass is 344 g/mol. The van der Waals surface area contributed by atoms with Gasteiger partial charge in [-0.15, -0.1) is 22.7 Å². The van der Waals surface area contributed by atoms with Gasteiger partial charge in [-0.3, -0.25) is 0 Å². The van der Waals surface area contributed by atoms with Gasteiger partial charge in [0.1, 0.15) is 5.75 Å². The molecule has 1 nitrogen and oxygen atoms in total. The van der Waals surface area contributed by atoms with Crippen LogP contribution < -0.4 is 4.74 Å². The molecule has 0 aliphatic carbocycles. The molecule has 1 aromatic carbocycles. The summed E-state index contributed by atoms with van der Waals surface area (Å²) in [7, 11) is 0. The van der Waals surface area contributed by atoms with Crippen LogP contribution in [0.2, 0.25) is 0 Å². The fourth-order valence-electron chi connectivity index (χ4n) is 2.76. The summed E-state index contributed by atoms with van der Waals surface area (Å²) in [4.78, 5) is 2.90. The Hall–Kier alpha value is -1.32. The van der Waals surface area contributed by atoms with Crippen LogP contribution in [0.4, 0.5) is 0 Å². The Morgan fingerprint density at radius 1 is 0.870 bits per heavy atom. The van der Waals surface area contributed by atoms with E-state index in [0.29, 0.717) is 0 Å². The lowest BCUT2D eigenvalue weighted by Gasteiger charge is -2.03. The molecule has 0 N–H and O–H groups in total. The number of thiophene rings is 2. The molecule has 3 rings (SSSR count). The Kier molecular flexibility index (Phi) is 5.74. The Morgan fingerprint density at radius 3 is 2.35 bits per heavy atom. The van der Waals surface area contributed by atoms with Crippen LogP contribution in [-0.4, -0.2) is 6.61 Å². The van der Waals surface area contributed by atoms with Gasteiger partial charge in [0.2, 0.25) is 0 Å². The third kappa shape index (κ3) is 4.15. The molecule has 0 spiro atoms. The van der Waals surface area contributed by atoms with Gasteiger partial charge in [0.25, 0.3) is 0 Å². The largest absolute Gasteiger partial charge is 0.494 e. The number of ether oxygens (including phenoxy) is 1. The number of rotatable bonds is 8. The molecular weight excluding hydrogens is 320 g/mol. The van der Waals surface area contributed by atoms with E-state index in [1.54, 1.807) is 4.88 Å². The van der Waals surface area contributed by atoms with E-state index in [2.05, 4.69) is 43.3 Å². The number of fused-ring (bicyclic) bond motifs is 1. The Morgan fingerprint density at radius 2 is 1.65 bits per heavy atom. The van der Waals surface area contributed by atoms with Crippen LogP contribution in [0.1, 0.15) is 44.4 Å². The first-order chi connectivity index (χ1) is 11.3. The predicted octanol–water partition coefficient (Wildman–Crippen LogP) is 7.15. The first kappa shape index (κ1) is 16.5. The Balaban J connectivity index is 1.69. The summed E-state index contributed by atoms with van der Waals surface area (Å²) in [6.07, 6.45) is 6.60. The van der Waals surface area contributed by atoms with Gasteiger partial charge in [0.15, 0.2) is 0 Å². The predicted molar refractivity (Wildman–Crippen MR) is 104 cm³/mol. The highest BCUT2D eigenvalue weighted by atomic mass is 32.1. The zero-order valence-electron chi connectivity index (χ0n) is 13.9.